The van der Waals surface area contributed by atoms with Crippen LogP contribution in [0.5, 0.6) is 0 Å². The Morgan fingerprint density at radius 3 is 2.46 bits per heavy atom. The van der Waals surface area contributed by atoms with Crippen molar-refractivity contribution in [1.82, 2.24) is 5.43 Å². The SMILES string of the molecule is CC1=CN(c2ccccc2)NC1C. The van der Waals surface area contributed by atoms with E-state index < -0.39 is 0 Å². The molecule has 0 aromatic heterocycles. The molecule has 0 fully saturated rings. The van der Waals surface area contributed by atoms with Crippen LogP contribution in [0.2, 0.25) is 0 Å². The van der Waals surface area contributed by atoms with Crippen LogP contribution in [0.1, 0.15) is 13.8 Å². The van der Waals surface area contributed by atoms with Crippen LogP contribution >= 0.6 is 0 Å². The highest BCUT2D eigenvalue weighted by Gasteiger charge is 2.16. The fraction of sp³-hybridized carbons (Fsp3) is 0.273. The topological polar surface area (TPSA) is 15.3 Å². The van der Waals surface area contributed by atoms with Gasteiger partial charge in [0.2, 0.25) is 0 Å². The molecule has 1 unspecified atom stereocenters. The van der Waals surface area contributed by atoms with Crippen LogP contribution in [0, 0.1) is 0 Å². The molecule has 2 nitrogen and oxygen atoms in total. The average Bonchev–Trinajstić information content (AvgIpc) is 2.49. The molecule has 1 atom stereocenters. The van der Waals surface area contributed by atoms with Gasteiger partial charge < -0.3 is 0 Å². The molecule has 68 valence electrons. The molecule has 13 heavy (non-hydrogen) atoms. The van der Waals surface area contributed by atoms with Gasteiger partial charge in [0.05, 0.1) is 5.69 Å². The van der Waals surface area contributed by atoms with Gasteiger partial charge >= 0.3 is 0 Å². The molecular weight excluding hydrogens is 160 g/mol. The second-order valence-corrected chi connectivity index (χ2v) is 3.43. The monoisotopic (exact) mass is 174 g/mol. The highest BCUT2D eigenvalue weighted by molar-refractivity contribution is 5.50. The molecule has 0 saturated carbocycles. The summed E-state index contributed by atoms with van der Waals surface area (Å²) in [6.45, 7) is 4.30. The zero-order valence-electron chi connectivity index (χ0n) is 7.99. The molecule has 1 aliphatic heterocycles. The van der Waals surface area contributed by atoms with E-state index in [2.05, 4.69) is 42.6 Å². The second kappa shape index (κ2) is 3.23. The number of rotatable bonds is 1. The molecule has 0 amide bonds. The van der Waals surface area contributed by atoms with Crippen molar-refractivity contribution >= 4 is 5.69 Å². The molecule has 0 saturated heterocycles. The Balaban J connectivity index is 2.22. The normalized spacial score (nSPS) is 21.8. The summed E-state index contributed by atoms with van der Waals surface area (Å²) in [6, 6.07) is 10.7. The Morgan fingerprint density at radius 1 is 1.23 bits per heavy atom. The minimum Gasteiger partial charge on any atom is -0.284 e. The van der Waals surface area contributed by atoms with E-state index in [9.17, 15) is 0 Å². The van der Waals surface area contributed by atoms with Crippen LogP contribution in [-0.2, 0) is 0 Å². The third-order valence-corrected chi connectivity index (χ3v) is 2.38. The lowest BCUT2D eigenvalue weighted by atomic mass is 10.2. The fourth-order valence-electron chi connectivity index (χ4n) is 1.40. The average molecular weight is 174 g/mol. The van der Waals surface area contributed by atoms with Crippen molar-refractivity contribution in [2.75, 3.05) is 5.01 Å². The predicted molar refractivity (Wildman–Crippen MR) is 55.3 cm³/mol. The quantitative estimate of drug-likeness (QED) is 0.702. The number of hydrogen-bond acceptors (Lipinski definition) is 2. The maximum atomic E-state index is 3.36. The van der Waals surface area contributed by atoms with Crippen molar-refractivity contribution in [2.24, 2.45) is 0 Å². The van der Waals surface area contributed by atoms with Crippen LogP contribution in [0.4, 0.5) is 5.69 Å². The van der Waals surface area contributed by atoms with Crippen LogP contribution in [0.15, 0.2) is 42.1 Å². The van der Waals surface area contributed by atoms with Gasteiger partial charge in [-0.2, -0.15) is 0 Å². The molecule has 1 aliphatic rings. The smallest absolute Gasteiger partial charge is 0.0570 e. The first-order valence-corrected chi connectivity index (χ1v) is 4.56. The minimum absolute atomic E-state index is 0.445. The molecule has 2 heteroatoms. The van der Waals surface area contributed by atoms with Gasteiger partial charge in [-0.25, -0.2) is 5.43 Å². The van der Waals surface area contributed by atoms with Gasteiger partial charge in [0, 0.05) is 12.2 Å². The largest absolute Gasteiger partial charge is 0.284 e. The molecular formula is C11H14N2. The molecule has 1 aromatic rings. The van der Waals surface area contributed by atoms with E-state index >= 15 is 0 Å². The van der Waals surface area contributed by atoms with Crippen molar-refractivity contribution < 1.29 is 0 Å². The van der Waals surface area contributed by atoms with Gasteiger partial charge in [-0.05, 0) is 31.6 Å². The predicted octanol–water partition coefficient (Wildman–Crippen LogP) is 2.30. The molecule has 0 spiro atoms. The molecule has 1 aromatic carbocycles. The third-order valence-electron chi connectivity index (χ3n) is 2.38. The number of hydrazine groups is 1. The zero-order chi connectivity index (χ0) is 9.26. The Hall–Kier alpha value is -1.28. The number of nitrogens with one attached hydrogen (secondary N) is 1. The molecule has 1 N–H and O–H groups in total. The van der Waals surface area contributed by atoms with Crippen LogP contribution in [0.3, 0.4) is 0 Å². The first-order chi connectivity index (χ1) is 6.27. The maximum absolute atomic E-state index is 3.36. The highest BCUT2D eigenvalue weighted by atomic mass is 15.5. The van der Waals surface area contributed by atoms with Crippen LogP contribution in [-0.4, -0.2) is 6.04 Å². The first-order valence-electron chi connectivity index (χ1n) is 4.56. The summed E-state index contributed by atoms with van der Waals surface area (Å²) >= 11 is 0. The van der Waals surface area contributed by atoms with E-state index in [1.807, 2.05) is 18.2 Å². The zero-order valence-corrected chi connectivity index (χ0v) is 7.99. The highest BCUT2D eigenvalue weighted by Crippen LogP contribution is 2.19. The molecule has 0 radical (unpaired) electrons. The van der Waals surface area contributed by atoms with E-state index in [-0.39, 0.29) is 0 Å². The first kappa shape index (κ1) is 8.32. The number of benzene rings is 1. The standard InChI is InChI=1S/C11H14N2/c1-9-8-13(12-10(9)2)11-6-4-3-5-7-11/h3-8,10,12H,1-2H3. The van der Waals surface area contributed by atoms with Gasteiger partial charge in [0.1, 0.15) is 0 Å². The number of anilines is 1. The van der Waals surface area contributed by atoms with E-state index in [0.717, 1.165) is 0 Å². The number of hydrogen-bond donors (Lipinski definition) is 1. The number of nitrogens with zero attached hydrogens (tertiary/aromatic N) is 1. The number of para-hydroxylation sites is 1. The van der Waals surface area contributed by atoms with Gasteiger partial charge in [-0.3, -0.25) is 5.01 Å². The van der Waals surface area contributed by atoms with Gasteiger partial charge in [0.25, 0.3) is 0 Å². The van der Waals surface area contributed by atoms with E-state index in [1.54, 1.807) is 0 Å². The summed E-state index contributed by atoms with van der Waals surface area (Å²) in [7, 11) is 0. The maximum Gasteiger partial charge on any atom is 0.0570 e. The lowest BCUT2D eigenvalue weighted by Crippen LogP contribution is -2.33. The Kier molecular flexibility index (Phi) is 2.07. The second-order valence-electron chi connectivity index (χ2n) is 3.43. The van der Waals surface area contributed by atoms with E-state index in [4.69, 9.17) is 0 Å². The Morgan fingerprint density at radius 2 is 1.92 bits per heavy atom. The third kappa shape index (κ3) is 1.58. The Labute approximate surface area is 78.8 Å². The van der Waals surface area contributed by atoms with Crippen LogP contribution < -0.4 is 10.4 Å². The molecule has 1 heterocycles. The summed E-state index contributed by atoms with van der Waals surface area (Å²) in [6.07, 6.45) is 2.14. The molecule has 0 bridgehead atoms. The van der Waals surface area contributed by atoms with Gasteiger partial charge in [-0.1, -0.05) is 18.2 Å². The van der Waals surface area contributed by atoms with Gasteiger partial charge in [0.15, 0.2) is 0 Å². The van der Waals surface area contributed by atoms with E-state index in [0.29, 0.717) is 6.04 Å². The van der Waals surface area contributed by atoms with E-state index in [1.165, 1.54) is 11.3 Å². The lowest BCUT2D eigenvalue weighted by Gasteiger charge is -2.17. The summed E-state index contributed by atoms with van der Waals surface area (Å²) in [4.78, 5) is 0. The van der Waals surface area contributed by atoms with Gasteiger partial charge in [-0.15, -0.1) is 0 Å². The summed E-state index contributed by atoms with van der Waals surface area (Å²) < 4.78 is 0. The summed E-state index contributed by atoms with van der Waals surface area (Å²) in [5.74, 6) is 0. The van der Waals surface area contributed by atoms with Crippen molar-refractivity contribution in [1.29, 1.82) is 0 Å². The van der Waals surface area contributed by atoms with Crippen molar-refractivity contribution in [3.05, 3.63) is 42.1 Å². The minimum atomic E-state index is 0.445. The molecule has 2 rings (SSSR count). The van der Waals surface area contributed by atoms with Crippen molar-refractivity contribution in [3.8, 4) is 0 Å². The fourth-order valence-corrected chi connectivity index (χ4v) is 1.40. The van der Waals surface area contributed by atoms with Crippen molar-refractivity contribution in [3.63, 3.8) is 0 Å². The summed E-state index contributed by atoms with van der Waals surface area (Å²) in [5.41, 5.74) is 5.91. The van der Waals surface area contributed by atoms with Crippen LogP contribution in [0.25, 0.3) is 0 Å². The Bertz CT molecular complexity index is 316. The summed E-state index contributed by atoms with van der Waals surface area (Å²) in [5, 5.41) is 2.07. The van der Waals surface area contributed by atoms with Crippen molar-refractivity contribution in [2.45, 2.75) is 19.9 Å². The molecule has 0 aliphatic carbocycles. The lowest BCUT2D eigenvalue weighted by molar-refractivity contribution is 0.665.